The standard InChI is InChI=1S/C12H18O6/c13-9(5-1-3-7-11(15)16)10(14)6-2-4-8-12(17)18/h1-8H2,(H,15,16)(H,17,18). The molecule has 0 radical (unpaired) electrons. The van der Waals surface area contributed by atoms with Gasteiger partial charge in [0.25, 0.3) is 0 Å². The molecule has 0 rings (SSSR count). The third-order valence-corrected chi connectivity index (χ3v) is 2.40. The van der Waals surface area contributed by atoms with Gasteiger partial charge in [0.2, 0.25) is 0 Å². The van der Waals surface area contributed by atoms with Crippen molar-refractivity contribution in [2.45, 2.75) is 51.4 Å². The van der Waals surface area contributed by atoms with Gasteiger partial charge >= 0.3 is 11.9 Å². The highest BCUT2D eigenvalue weighted by Gasteiger charge is 2.13. The van der Waals surface area contributed by atoms with Crippen molar-refractivity contribution in [1.29, 1.82) is 0 Å². The van der Waals surface area contributed by atoms with Crippen LogP contribution in [0.5, 0.6) is 0 Å². The Morgan fingerprint density at radius 1 is 0.556 bits per heavy atom. The summed E-state index contributed by atoms with van der Waals surface area (Å²) in [7, 11) is 0. The molecule has 0 saturated heterocycles. The van der Waals surface area contributed by atoms with E-state index in [1.54, 1.807) is 0 Å². The average Bonchev–Trinajstić information content (AvgIpc) is 2.29. The fourth-order valence-corrected chi connectivity index (χ4v) is 1.40. The lowest BCUT2D eigenvalue weighted by molar-refractivity contribution is -0.138. The summed E-state index contributed by atoms with van der Waals surface area (Å²) in [6.45, 7) is 0. The minimum Gasteiger partial charge on any atom is -0.481 e. The van der Waals surface area contributed by atoms with Gasteiger partial charge in [0.1, 0.15) is 0 Å². The molecule has 0 atom stereocenters. The van der Waals surface area contributed by atoms with Crippen LogP contribution in [0.2, 0.25) is 0 Å². The molecule has 102 valence electrons. The van der Waals surface area contributed by atoms with Crippen LogP contribution >= 0.6 is 0 Å². The van der Waals surface area contributed by atoms with Crippen molar-refractivity contribution in [3.63, 3.8) is 0 Å². The van der Waals surface area contributed by atoms with Crippen molar-refractivity contribution >= 4 is 23.5 Å². The summed E-state index contributed by atoms with van der Waals surface area (Å²) in [5.74, 6) is -2.81. The number of hydrogen-bond acceptors (Lipinski definition) is 4. The minimum atomic E-state index is -0.914. The fraction of sp³-hybridized carbons (Fsp3) is 0.667. The van der Waals surface area contributed by atoms with E-state index in [9.17, 15) is 19.2 Å². The Labute approximate surface area is 105 Å². The smallest absolute Gasteiger partial charge is 0.303 e. The van der Waals surface area contributed by atoms with E-state index in [4.69, 9.17) is 10.2 Å². The van der Waals surface area contributed by atoms with E-state index in [0.29, 0.717) is 25.7 Å². The summed E-state index contributed by atoms with van der Waals surface area (Å²) in [6, 6.07) is 0. The zero-order valence-electron chi connectivity index (χ0n) is 10.2. The average molecular weight is 258 g/mol. The first-order valence-electron chi connectivity index (χ1n) is 5.93. The third-order valence-electron chi connectivity index (χ3n) is 2.40. The molecule has 0 aromatic rings. The van der Waals surface area contributed by atoms with Gasteiger partial charge in [0.15, 0.2) is 11.6 Å². The highest BCUT2D eigenvalue weighted by Crippen LogP contribution is 2.05. The number of unbranched alkanes of at least 4 members (excludes halogenated alkanes) is 2. The summed E-state index contributed by atoms with van der Waals surface area (Å²) >= 11 is 0. The Bertz CT molecular complexity index is 289. The summed E-state index contributed by atoms with van der Waals surface area (Å²) in [4.78, 5) is 43.0. The van der Waals surface area contributed by atoms with Crippen LogP contribution in [0.4, 0.5) is 0 Å². The van der Waals surface area contributed by atoms with Gasteiger partial charge in [-0.3, -0.25) is 19.2 Å². The van der Waals surface area contributed by atoms with E-state index < -0.39 is 23.5 Å². The van der Waals surface area contributed by atoms with Crippen LogP contribution in [0, 0.1) is 0 Å². The molecule has 0 fully saturated rings. The van der Waals surface area contributed by atoms with E-state index in [1.165, 1.54) is 0 Å². The van der Waals surface area contributed by atoms with E-state index in [-0.39, 0.29) is 25.7 Å². The Morgan fingerprint density at radius 3 is 1.11 bits per heavy atom. The van der Waals surface area contributed by atoms with Crippen LogP contribution in [0.15, 0.2) is 0 Å². The number of rotatable bonds is 11. The zero-order valence-corrected chi connectivity index (χ0v) is 10.2. The molecule has 0 spiro atoms. The number of carbonyl (C=O) groups is 4. The van der Waals surface area contributed by atoms with Gasteiger partial charge in [0, 0.05) is 25.7 Å². The van der Waals surface area contributed by atoms with Gasteiger partial charge < -0.3 is 10.2 Å². The third kappa shape index (κ3) is 9.50. The quantitative estimate of drug-likeness (QED) is 0.428. The molecular weight excluding hydrogens is 240 g/mol. The second-order valence-electron chi connectivity index (χ2n) is 4.05. The molecule has 0 saturated carbocycles. The van der Waals surface area contributed by atoms with E-state index in [0.717, 1.165) is 0 Å². The van der Waals surface area contributed by atoms with Crippen LogP contribution in [0.3, 0.4) is 0 Å². The lowest BCUT2D eigenvalue weighted by atomic mass is 10.0. The van der Waals surface area contributed by atoms with Gasteiger partial charge in [-0.25, -0.2) is 0 Å². The maximum atomic E-state index is 11.3. The largest absolute Gasteiger partial charge is 0.481 e. The van der Waals surface area contributed by atoms with Crippen molar-refractivity contribution in [3.05, 3.63) is 0 Å². The normalized spacial score (nSPS) is 10.0. The van der Waals surface area contributed by atoms with Crippen LogP contribution in [-0.2, 0) is 19.2 Å². The van der Waals surface area contributed by atoms with Crippen molar-refractivity contribution in [2.75, 3.05) is 0 Å². The van der Waals surface area contributed by atoms with Crippen LogP contribution in [0.1, 0.15) is 51.4 Å². The Balaban J connectivity index is 3.60. The number of aliphatic carboxylic acids is 2. The van der Waals surface area contributed by atoms with Crippen molar-refractivity contribution in [1.82, 2.24) is 0 Å². The van der Waals surface area contributed by atoms with Gasteiger partial charge in [0.05, 0.1) is 0 Å². The molecule has 0 unspecified atom stereocenters. The summed E-state index contributed by atoms with van der Waals surface area (Å²) in [5.41, 5.74) is 0. The zero-order chi connectivity index (χ0) is 14.0. The molecule has 0 amide bonds. The van der Waals surface area contributed by atoms with E-state index in [2.05, 4.69) is 0 Å². The summed E-state index contributed by atoms with van der Waals surface area (Å²) in [5, 5.41) is 16.8. The molecular formula is C12H18O6. The number of ketones is 2. The fourth-order valence-electron chi connectivity index (χ4n) is 1.40. The molecule has 6 heteroatoms. The highest BCUT2D eigenvalue weighted by atomic mass is 16.4. The van der Waals surface area contributed by atoms with Crippen molar-refractivity contribution in [3.8, 4) is 0 Å². The number of Topliss-reactive ketones (excluding diaryl/α,β-unsaturated/α-hetero) is 2. The first-order valence-corrected chi connectivity index (χ1v) is 5.93. The molecule has 0 aliphatic rings. The molecule has 0 aromatic heterocycles. The second-order valence-corrected chi connectivity index (χ2v) is 4.05. The Kier molecular flexibility index (Phi) is 8.43. The topological polar surface area (TPSA) is 109 Å². The maximum Gasteiger partial charge on any atom is 0.303 e. The van der Waals surface area contributed by atoms with Crippen LogP contribution in [0.25, 0.3) is 0 Å². The molecule has 18 heavy (non-hydrogen) atoms. The van der Waals surface area contributed by atoms with Gasteiger partial charge in [-0.2, -0.15) is 0 Å². The van der Waals surface area contributed by atoms with E-state index in [1.807, 2.05) is 0 Å². The predicted octanol–water partition coefficient (Wildman–Crippen LogP) is 1.41. The lowest BCUT2D eigenvalue weighted by Gasteiger charge is -2.00. The molecule has 0 aliphatic heterocycles. The Hall–Kier alpha value is -1.72. The number of carboxylic acids is 2. The Morgan fingerprint density at radius 2 is 0.833 bits per heavy atom. The highest BCUT2D eigenvalue weighted by molar-refractivity contribution is 6.37. The summed E-state index contributed by atoms with van der Waals surface area (Å²) in [6.07, 6.45) is 1.70. The first-order chi connectivity index (χ1) is 8.43. The number of hydrogen-bond donors (Lipinski definition) is 2. The molecule has 6 nitrogen and oxygen atoms in total. The van der Waals surface area contributed by atoms with Crippen molar-refractivity contribution in [2.24, 2.45) is 0 Å². The SMILES string of the molecule is O=C(O)CCCCC(=O)C(=O)CCCCC(=O)O. The molecule has 2 N–H and O–H groups in total. The molecule has 0 aliphatic carbocycles. The van der Waals surface area contributed by atoms with Gasteiger partial charge in [-0.15, -0.1) is 0 Å². The monoisotopic (exact) mass is 258 g/mol. The van der Waals surface area contributed by atoms with Crippen molar-refractivity contribution < 1.29 is 29.4 Å². The second kappa shape index (κ2) is 9.32. The predicted molar refractivity (Wildman–Crippen MR) is 62.2 cm³/mol. The minimum absolute atomic E-state index is 0.0000814. The van der Waals surface area contributed by atoms with Crippen LogP contribution in [-0.4, -0.2) is 33.7 Å². The molecule has 0 bridgehead atoms. The molecule has 0 heterocycles. The number of carboxylic acid groups (broad SMARTS) is 2. The maximum absolute atomic E-state index is 11.3. The van der Waals surface area contributed by atoms with Gasteiger partial charge in [-0.1, -0.05) is 0 Å². The van der Waals surface area contributed by atoms with Gasteiger partial charge in [-0.05, 0) is 25.7 Å². The molecule has 0 aromatic carbocycles. The van der Waals surface area contributed by atoms with E-state index >= 15 is 0 Å². The summed E-state index contributed by atoms with van der Waals surface area (Å²) < 4.78 is 0. The first kappa shape index (κ1) is 16.3. The van der Waals surface area contributed by atoms with Crippen LogP contribution < -0.4 is 0 Å². The lowest BCUT2D eigenvalue weighted by Crippen LogP contribution is -2.13. The number of carbonyl (C=O) groups excluding carboxylic acids is 2.